The fourth-order valence-corrected chi connectivity index (χ4v) is 2.85. The summed E-state index contributed by atoms with van der Waals surface area (Å²) in [5.74, 6) is -0.0481. The summed E-state index contributed by atoms with van der Waals surface area (Å²) in [6, 6.07) is 3.30. The highest BCUT2D eigenvalue weighted by atomic mass is 35.5. The molecule has 9 heteroatoms. The molecule has 0 unspecified atom stereocenters. The molecule has 1 amide bonds. The van der Waals surface area contributed by atoms with Crippen LogP contribution in [0.25, 0.3) is 0 Å². The lowest BCUT2D eigenvalue weighted by Gasteiger charge is -2.27. The molecule has 0 saturated carbocycles. The van der Waals surface area contributed by atoms with E-state index in [9.17, 15) is 13.2 Å². The maximum atomic E-state index is 12.1. The number of pyridine rings is 1. The maximum absolute atomic E-state index is 12.1. The van der Waals surface area contributed by atoms with E-state index in [2.05, 4.69) is 22.5 Å². The van der Waals surface area contributed by atoms with Gasteiger partial charge in [0.25, 0.3) is 0 Å². The minimum Gasteiger partial charge on any atom is -0.324 e. The zero-order chi connectivity index (χ0) is 14.8. The fourth-order valence-electron chi connectivity index (χ4n) is 2.29. The fraction of sp³-hybridized carbons (Fsp3) is 0.538. The molecule has 2 N–H and O–H groups in total. The highest BCUT2D eigenvalue weighted by molar-refractivity contribution is 7.90. The van der Waals surface area contributed by atoms with Crippen LogP contribution in [0.2, 0.25) is 0 Å². The molecule has 2 heterocycles. The largest absolute Gasteiger partial charge is 0.324 e. The number of hydrogen-bond acceptors (Lipinski definition) is 5. The van der Waals surface area contributed by atoms with Crippen molar-refractivity contribution in [3.8, 4) is 0 Å². The molecular weight excluding hydrogens is 349 g/mol. The zero-order valence-corrected chi connectivity index (χ0v) is 14.9. The van der Waals surface area contributed by atoms with E-state index in [-0.39, 0.29) is 41.7 Å². The van der Waals surface area contributed by atoms with Gasteiger partial charge >= 0.3 is 0 Å². The van der Waals surface area contributed by atoms with Gasteiger partial charge in [-0.05, 0) is 38.4 Å². The van der Waals surface area contributed by atoms with E-state index in [1.54, 1.807) is 6.07 Å². The molecule has 0 radical (unpaired) electrons. The summed E-state index contributed by atoms with van der Waals surface area (Å²) < 4.78 is 22.6. The molecule has 0 spiro atoms. The van der Waals surface area contributed by atoms with E-state index in [4.69, 9.17) is 0 Å². The van der Waals surface area contributed by atoms with Crippen molar-refractivity contribution in [1.82, 2.24) is 10.3 Å². The number of anilines is 1. The first-order valence-electron chi connectivity index (χ1n) is 6.56. The van der Waals surface area contributed by atoms with Crippen LogP contribution in [0.4, 0.5) is 5.69 Å². The molecule has 2 rings (SSSR count). The summed E-state index contributed by atoms with van der Waals surface area (Å²) in [6.45, 7) is 2.90. The Morgan fingerprint density at radius 2 is 2.05 bits per heavy atom. The van der Waals surface area contributed by atoms with Crippen molar-refractivity contribution in [2.45, 2.75) is 30.8 Å². The summed E-state index contributed by atoms with van der Waals surface area (Å²) in [4.78, 5) is 16.0. The van der Waals surface area contributed by atoms with Crippen LogP contribution in [0.3, 0.4) is 0 Å². The molecule has 1 fully saturated rings. The molecule has 22 heavy (non-hydrogen) atoms. The van der Waals surface area contributed by atoms with E-state index in [1.165, 1.54) is 12.3 Å². The van der Waals surface area contributed by atoms with Crippen molar-refractivity contribution in [3.05, 3.63) is 18.3 Å². The number of halogens is 2. The average molecular weight is 370 g/mol. The molecular formula is C13H21Cl2N3O3S. The van der Waals surface area contributed by atoms with Crippen molar-refractivity contribution >= 4 is 46.2 Å². The van der Waals surface area contributed by atoms with Crippen LogP contribution in [-0.4, -0.2) is 38.2 Å². The minimum atomic E-state index is -3.31. The third-order valence-corrected chi connectivity index (χ3v) is 4.38. The highest BCUT2D eigenvalue weighted by Gasteiger charge is 2.24. The number of rotatable bonds is 3. The molecule has 0 aromatic carbocycles. The summed E-state index contributed by atoms with van der Waals surface area (Å²) in [5, 5.41) is 6.09. The van der Waals surface area contributed by atoms with Crippen LogP contribution in [0, 0.1) is 5.92 Å². The summed E-state index contributed by atoms with van der Waals surface area (Å²) in [6.07, 6.45) is 4.09. The van der Waals surface area contributed by atoms with Crippen molar-refractivity contribution in [3.63, 3.8) is 0 Å². The number of aromatic nitrogens is 1. The van der Waals surface area contributed by atoms with Gasteiger partial charge in [-0.25, -0.2) is 13.4 Å². The molecule has 0 bridgehead atoms. The van der Waals surface area contributed by atoms with Crippen molar-refractivity contribution in [2.24, 2.45) is 5.92 Å². The molecule has 0 aliphatic carbocycles. The third-order valence-electron chi connectivity index (χ3n) is 3.38. The number of nitrogens with zero attached hydrogens (tertiary/aromatic N) is 1. The Hall–Kier alpha value is -0.890. The third kappa shape index (κ3) is 5.72. The smallest absolute Gasteiger partial charge is 0.227 e. The Kier molecular flexibility index (Phi) is 8.32. The molecule has 1 aromatic heterocycles. The summed E-state index contributed by atoms with van der Waals surface area (Å²) in [7, 11) is -3.31. The van der Waals surface area contributed by atoms with E-state index >= 15 is 0 Å². The molecule has 6 nitrogen and oxygen atoms in total. The van der Waals surface area contributed by atoms with E-state index < -0.39 is 9.84 Å². The number of amides is 1. The van der Waals surface area contributed by atoms with Crippen LogP contribution in [0.5, 0.6) is 0 Å². The van der Waals surface area contributed by atoms with Crippen molar-refractivity contribution < 1.29 is 13.2 Å². The van der Waals surface area contributed by atoms with E-state index in [0.29, 0.717) is 11.7 Å². The predicted molar refractivity (Wildman–Crippen MR) is 90.7 cm³/mol. The molecule has 126 valence electrons. The second-order valence-electron chi connectivity index (χ2n) is 5.22. The average Bonchev–Trinajstić information content (AvgIpc) is 2.38. The predicted octanol–water partition coefficient (Wildman–Crippen LogP) is 1.66. The molecule has 1 aliphatic heterocycles. The Morgan fingerprint density at radius 1 is 1.36 bits per heavy atom. The van der Waals surface area contributed by atoms with Crippen molar-refractivity contribution in [2.75, 3.05) is 18.1 Å². The minimum absolute atomic E-state index is 0. The second kappa shape index (κ2) is 8.67. The number of nitrogens with one attached hydrogen (secondary N) is 2. The summed E-state index contributed by atoms with van der Waals surface area (Å²) >= 11 is 0. The number of carbonyl (C=O) groups is 1. The first-order chi connectivity index (χ1) is 9.36. The second-order valence-corrected chi connectivity index (χ2v) is 7.19. The molecule has 2 atom stereocenters. The molecule has 1 aromatic rings. The number of sulfone groups is 1. The first kappa shape index (κ1) is 21.1. The Bertz CT molecular complexity index is 593. The van der Waals surface area contributed by atoms with Crippen LogP contribution in [0.1, 0.15) is 19.8 Å². The lowest BCUT2D eigenvalue weighted by molar-refractivity contribution is -0.120. The standard InChI is InChI=1S/C13H19N3O3S.2ClH/c1-9-7-10(5-6-14-9)13(17)16-11-3-4-12(15-8-11)20(2,18)19;;/h3-4,8-10,14H,5-7H2,1-2H3,(H,16,17);2*1H/t9-,10-;;/m0../s1. The lowest BCUT2D eigenvalue weighted by Crippen LogP contribution is -2.40. The topological polar surface area (TPSA) is 88.2 Å². The molecule has 1 saturated heterocycles. The van der Waals surface area contributed by atoms with Gasteiger partial charge in [-0.2, -0.15) is 0 Å². The van der Waals surface area contributed by atoms with E-state index in [1.807, 2.05) is 0 Å². The van der Waals surface area contributed by atoms with Gasteiger partial charge in [-0.15, -0.1) is 24.8 Å². The van der Waals surface area contributed by atoms with Gasteiger partial charge in [0.1, 0.15) is 0 Å². The van der Waals surface area contributed by atoms with Gasteiger partial charge in [-0.3, -0.25) is 4.79 Å². The van der Waals surface area contributed by atoms with Gasteiger partial charge in [0.05, 0.1) is 11.9 Å². The van der Waals surface area contributed by atoms with Crippen LogP contribution in [0.15, 0.2) is 23.4 Å². The van der Waals surface area contributed by atoms with Gasteiger partial charge in [0.15, 0.2) is 14.9 Å². The summed E-state index contributed by atoms with van der Waals surface area (Å²) in [5.41, 5.74) is 0.522. The first-order valence-corrected chi connectivity index (χ1v) is 8.46. The zero-order valence-electron chi connectivity index (χ0n) is 12.4. The van der Waals surface area contributed by atoms with Crippen molar-refractivity contribution in [1.29, 1.82) is 0 Å². The monoisotopic (exact) mass is 369 g/mol. The highest BCUT2D eigenvalue weighted by Crippen LogP contribution is 2.18. The number of carbonyl (C=O) groups excluding carboxylic acids is 1. The van der Waals surface area contributed by atoms with Crippen LogP contribution < -0.4 is 10.6 Å². The normalized spacial score (nSPS) is 21.2. The molecule has 1 aliphatic rings. The Morgan fingerprint density at radius 3 is 2.55 bits per heavy atom. The maximum Gasteiger partial charge on any atom is 0.227 e. The Balaban J connectivity index is 0.00000220. The lowest BCUT2D eigenvalue weighted by atomic mass is 9.92. The van der Waals surface area contributed by atoms with Gasteiger partial charge < -0.3 is 10.6 Å². The number of piperidine rings is 1. The van der Waals surface area contributed by atoms with E-state index in [0.717, 1.165) is 25.6 Å². The van der Waals surface area contributed by atoms with Crippen LogP contribution in [-0.2, 0) is 14.6 Å². The van der Waals surface area contributed by atoms with Gasteiger partial charge in [0, 0.05) is 18.2 Å². The Labute approximate surface area is 143 Å². The van der Waals surface area contributed by atoms with Gasteiger partial charge in [-0.1, -0.05) is 0 Å². The quantitative estimate of drug-likeness (QED) is 0.845. The SMILES string of the molecule is C[C@H]1C[C@@H](C(=O)Nc2ccc(S(C)(=O)=O)nc2)CCN1.Cl.Cl. The van der Waals surface area contributed by atoms with Crippen LogP contribution >= 0.6 is 24.8 Å². The number of hydrogen-bond donors (Lipinski definition) is 2. The van der Waals surface area contributed by atoms with Gasteiger partial charge in [0.2, 0.25) is 5.91 Å².